The van der Waals surface area contributed by atoms with E-state index in [1.807, 2.05) is 24.3 Å². The molecule has 0 spiro atoms. The third kappa shape index (κ3) is 3.69. The van der Waals surface area contributed by atoms with Gasteiger partial charge in [-0.15, -0.1) is 0 Å². The molecule has 0 saturated heterocycles. The van der Waals surface area contributed by atoms with Gasteiger partial charge in [0.25, 0.3) is 0 Å². The van der Waals surface area contributed by atoms with E-state index in [1.54, 1.807) is 12.1 Å². The monoisotopic (exact) mass is 542 g/mol. The Hall–Kier alpha value is -1.95. The molecular weight excluding hydrogens is 530 g/mol. The quantitative estimate of drug-likeness (QED) is 0.198. The molecule has 0 heterocycles. The van der Waals surface area contributed by atoms with Crippen molar-refractivity contribution in [3.8, 4) is 0 Å². The van der Waals surface area contributed by atoms with Crippen LogP contribution in [0, 0.1) is 0 Å². The Balaban J connectivity index is 2.00. The highest BCUT2D eigenvalue weighted by Gasteiger charge is 2.54. The zero-order valence-corrected chi connectivity index (χ0v) is 20.5. The summed E-state index contributed by atoms with van der Waals surface area (Å²) >= 11 is 31.1. The molecule has 2 N–H and O–H groups in total. The lowest BCUT2D eigenvalue weighted by Gasteiger charge is -2.29. The number of fused-ring (bicyclic) bond motifs is 1. The van der Waals surface area contributed by atoms with Crippen molar-refractivity contribution in [3.05, 3.63) is 101 Å². The van der Waals surface area contributed by atoms with E-state index >= 15 is 0 Å². The van der Waals surface area contributed by atoms with Crippen LogP contribution in [0.1, 0.15) is 40.2 Å². The van der Waals surface area contributed by atoms with Crippen molar-refractivity contribution in [1.29, 1.82) is 0 Å². The van der Waals surface area contributed by atoms with Gasteiger partial charge in [-0.05, 0) is 35.1 Å². The maximum absolute atomic E-state index is 12.7. The van der Waals surface area contributed by atoms with Crippen LogP contribution in [0.25, 0.3) is 0 Å². The van der Waals surface area contributed by atoms with Gasteiger partial charge >= 0.3 is 11.9 Å². The average molecular weight is 545 g/mol. The van der Waals surface area contributed by atoms with E-state index in [2.05, 4.69) is 6.07 Å². The van der Waals surface area contributed by atoms with Crippen LogP contribution in [0.15, 0.2) is 48.5 Å². The minimum atomic E-state index is -2.68. The van der Waals surface area contributed by atoms with Gasteiger partial charge in [-0.25, -0.2) is 0 Å². The third-order valence-electron chi connectivity index (χ3n) is 6.08. The van der Waals surface area contributed by atoms with E-state index in [0.29, 0.717) is 0 Å². The number of hydrogen-bond acceptors (Lipinski definition) is 2. The van der Waals surface area contributed by atoms with Crippen LogP contribution in [-0.2, 0) is 21.4 Å². The van der Waals surface area contributed by atoms with Crippen molar-refractivity contribution in [3.63, 3.8) is 0 Å². The second-order valence-electron chi connectivity index (χ2n) is 7.72. The highest BCUT2D eigenvalue weighted by Crippen LogP contribution is 2.51. The van der Waals surface area contributed by atoms with Crippen molar-refractivity contribution >= 4 is 69.9 Å². The van der Waals surface area contributed by atoms with Gasteiger partial charge in [-0.3, -0.25) is 9.59 Å². The Morgan fingerprint density at radius 1 is 0.788 bits per heavy atom. The largest absolute Gasteiger partial charge is 0.480 e. The summed E-state index contributed by atoms with van der Waals surface area (Å²) in [6.45, 7) is 0. The molecule has 33 heavy (non-hydrogen) atoms. The molecule has 0 bridgehead atoms. The molecule has 3 aromatic carbocycles. The summed E-state index contributed by atoms with van der Waals surface area (Å²) in [6.07, 6.45) is 1.68. The Kier molecular flexibility index (Phi) is 6.60. The number of hydrogen-bond donors (Lipinski definition) is 2. The molecule has 1 aliphatic carbocycles. The maximum atomic E-state index is 12.7. The molecule has 0 amide bonds. The van der Waals surface area contributed by atoms with Crippen LogP contribution in [0.3, 0.4) is 0 Å². The molecule has 0 radical (unpaired) electrons. The SMILES string of the molecule is O=C(O)C(C(=O)O)(c1cccc(C2CCc3ccccc32)c1)c1c(Cl)c(Cl)c(Cl)c(Cl)c1Cl. The third-order valence-corrected chi connectivity index (χ3v) is 8.36. The first-order valence-corrected chi connectivity index (χ1v) is 11.7. The molecule has 3 aromatic rings. The lowest BCUT2D eigenvalue weighted by atomic mass is 9.73. The predicted molar refractivity (Wildman–Crippen MR) is 131 cm³/mol. The number of halogens is 5. The van der Waals surface area contributed by atoms with E-state index in [0.717, 1.165) is 24.0 Å². The predicted octanol–water partition coefficient (Wildman–Crippen LogP) is 7.49. The molecule has 1 atom stereocenters. The second-order valence-corrected chi connectivity index (χ2v) is 9.61. The molecular formula is C24H15Cl5O4. The summed E-state index contributed by atoms with van der Waals surface area (Å²) < 4.78 is 0. The summed E-state index contributed by atoms with van der Waals surface area (Å²) in [6, 6.07) is 14.4. The van der Waals surface area contributed by atoms with Crippen molar-refractivity contribution in [2.24, 2.45) is 0 Å². The lowest BCUT2D eigenvalue weighted by molar-refractivity contribution is -0.155. The molecule has 0 aliphatic heterocycles. The van der Waals surface area contributed by atoms with E-state index in [-0.39, 0.29) is 26.5 Å². The molecule has 1 aliphatic rings. The smallest absolute Gasteiger partial charge is 0.330 e. The molecule has 0 fully saturated rings. The van der Waals surface area contributed by atoms with E-state index in [4.69, 9.17) is 58.0 Å². The number of carbonyl (C=O) groups is 2. The van der Waals surface area contributed by atoms with Gasteiger partial charge in [-0.1, -0.05) is 107 Å². The summed E-state index contributed by atoms with van der Waals surface area (Å²) in [5, 5.41) is 19.1. The highest BCUT2D eigenvalue weighted by atomic mass is 35.5. The van der Waals surface area contributed by atoms with Crippen LogP contribution >= 0.6 is 58.0 Å². The average Bonchev–Trinajstić information content (AvgIpc) is 3.23. The Bertz CT molecular complexity index is 1260. The van der Waals surface area contributed by atoms with Crippen molar-refractivity contribution in [2.75, 3.05) is 0 Å². The number of carboxylic acids is 2. The molecule has 0 saturated carbocycles. The fourth-order valence-electron chi connectivity index (χ4n) is 4.52. The van der Waals surface area contributed by atoms with Gasteiger partial charge in [0.05, 0.1) is 25.1 Å². The topological polar surface area (TPSA) is 74.6 Å². The van der Waals surface area contributed by atoms with Gasteiger partial charge < -0.3 is 10.2 Å². The Morgan fingerprint density at radius 3 is 1.97 bits per heavy atom. The van der Waals surface area contributed by atoms with Gasteiger partial charge in [0, 0.05) is 11.5 Å². The summed E-state index contributed by atoms with van der Waals surface area (Å²) in [4.78, 5) is 25.4. The van der Waals surface area contributed by atoms with Gasteiger partial charge in [0.2, 0.25) is 5.41 Å². The first-order valence-electron chi connectivity index (χ1n) is 9.79. The van der Waals surface area contributed by atoms with Gasteiger partial charge in [0.15, 0.2) is 0 Å². The van der Waals surface area contributed by atoms with Crippen LogP contribution in [0.2, 0.25) is 25.1 Å². The second kappa shape index (κ2) is 9.01. The zero-order valence-electron chi connectivity index (χ0n) is 16.7. The molecule has 0 aromatic heterocycles. The van der Waals surface area contributed by atoms with Gasteiger partial charge in [0.1, 0.15) is 0 Å². The van der Waals surface area contributed by atoms with Crippen molar-refractivity contribution in [2.45, 2.75) is 24.2 Å². The highest BCUT2D eigenvalue weighted by molar-refractivity contribution is 6.55. The van der Waals surface area contributed by atoms with Crippen molar-refractivity contribution < 1.29 is 19.8 Å². The summed E-state index contributed by atoms with van der Waals surface area (Å²) in [5.41, 5.74) is -0.0581. The number of rotatable bonds is 5. The molecule has 4 nitrogen and oxygen atoms in total. The molecule has 1 unspecified atom stereocenters. The minimum Gasteiger partial charge on any atom is -0.480 e. The first-order chi connectivity index (χ1) is 15.6. The lowest BCUT2D eigenvalue weighted by Crippen LogP contribution is -2.45. The molecule has 4 rings (SSSR count). The first kappa shape index (κ1) is 24.2. The maximum Gasteiger partial charge on any atom is 0.330 e. The standard InChI is InChI=1S/C24H15Cl5O4/c25-17-16(18(26)20(28)21(29)19(17)27)24(22(30)31,23(32)33)13-6-3-5-12(10-13)15-9-8-11-4-1-2-7-14(11)15/h1-7,10,15H,8-9H2,(H,30,31)(H,32,33). The van der Waals surface area contributed by atoms with E-state index in [1.165, 1.54) is 11.6 Å². The van der Waals surface area contributed by atoms with Crippen LogP contribution in [0.5, 0.6) is 0 Å². The normalized spacial score (nSPS) is 15.4. The summed E-state index contributed by atoms with van der Waals surface area (Å²) in [7, 11) is 0. The number of aryl methyl sites for hydroxylation is 1. The number of carboxylic acid groups (broad SMARTS) is 2. The van der Waals surface area contributed by atoms with Crippen LogP contribution < -0.4 is 0 Å². The summed E-state index contributed by atoms with van der Waals surface area (Å²) in [5.74, 6) is -3.40. The Morgan fingerprint density at radius 2 is 1.36 bits per heavy atom. The number of benzene rings is 3. The Labute approximate surface area is 214 Å². The molecule has 9 heteroatoms. The van der Waals surface area contributed by atoms with E-state index in [9.17, 15) is 19.8 Å². The fraction of sp³-hybridized carbons (Fsp3) is 0.167. The fourth-order valence-corrected chi connectivity index (χ4v) is 5.94. The zero-order chi connectivity index (χ0) is 24.1. The molecule has 170 valence electrons. The number of aliphatic carboxylic acids is 2. The van der Waals surface area contributed by atoms with Crippen LogP contribution in [0.4, 0.5) is 0 Å². The van der Waals surface area contributed by atoms with Crippen LogP contribution in [-0.4, -0.2) is 22.2 Å². The minimum absolute atomic E-state index is 0.00947. The van der Waals surface area contributed by atoms with E-state index < -0.39 is 33.0 Å². The van der Waals surface area contributed by atoms with Crippen molar-refractivity contribution in [1.82, 2.24) is 0 Å². The van der Waals surface area contributed by atoms with Gasteiger partial charge in [-0.2, -0.15) is 0 Å².